The van der Waals surface area contributed by atoms with Gasteiger partial charge in [-0.2, -0.15) is 0 Å². The molecule has 2 aromatic carbocycles. The summed E-state index contributed by atoms with van der Waals surface area (Å²) in [4.78, 5) is 11.8. The summed E-state index contributed by atoms with van der Waals surface area (Å²) in [6, 6.07) is 11.3. The molecule has 0 fully saturated rings. The van der Waals surface area contributed by atoms with Gasteiger partial charge in [-0.05, 0) is 30.2 Å². The van der Waals surface area contributed by atoms with Crippen molar-refractivity contribution in [2.45, 2.75) is 19.8 Å². The first-order chi connectivity index (χ1) is 10.6. The highest BCUT2D eigenvalue weighted by atomic mass is 19.1. The summed E-state index contributed by atoms with van der Waals surface area (Å²) >= 11 is 0. The van der Waals surface area contributed by atoms with Crippen molar-refractivity contribution in [2.24, 2.45) is 0 Å². The lowest BCUT2D eigenvalue weighted by Gasteiger charge is -2.11. The molecule has 116 valence electrons. The number of anilines is 2. The van der Waals surface area contributed by atoms with Gasteiger partial charge in [0.25, 0.3) is 0 Å². The van der Waals surface area contributed by atoms with Crippen LogP contribution in [0.1, 0.15) is 18.9 Å². The molecule has 1 amide bonds. The van der Waals surface area contributed by atoms with Gasteiger partial charge in [-0.3, -0.25) is 4.79 Å². The summed E-state index contributed by atoms with van der Waals surface area (Å²) in [7, 11) is 0. The Morgan fingerprint density at radius 2 is 1.73 bits per heavy atom. The molecule has 0 saturated carbocycles. The molecule has 2 rings (SSSR count). The van der Waals surface area contributed by atoms with Crippen LogP contribution in [0.25, 0.3) is 0 Å². The van der Waals surface area contributed by atoms with E-state index in [-0.39, 0.29) is 6.42 Å². The van der Waals surface area contributed by atoms with Gasteiger partial charge in [0.05, 0.1) is 0 Å². The van der Waals surface area contributed by atoms with Crippen molar-refractivity contribution < 1.29 is 13.6 Å². The first kappa shape index (κ1) is 15.9. The van der Waals surface area contributed by atoms with Crippen LogP contribution in [0.2, 0.25) is 0 Å². The Kier molecular flexibility index (Phi) is 5.47. The van der Waals surface area contributed by atoms with Gasteiger partial charge in [-0.15, -0.1) is 0 Å². The fraction of sp³-hybridized carbons (Fsp3) is 0.235. The maximum atomic E-state index is 13.4. The minimum atomic E-state index is -0.780. The molecule has 22 heavy (non-hydrogen) atoms. The smallest absolute Gasteiger partial charge is 0.226 e. The molecule has 0 bridgehead atoms. The summed E-state index contributed by atoms with van der Waals surface area (Å²) < 4.78 is 26.9. The largest absolute Gasteiger partial charge is 0.384 e. The van der Waals surface area contributed by atoms with Crippen LogP contribution in [0.15, 0.2) is 42.5 Å². The third-order valence-electron chi connectivity index (χ3n) is 3.29. The number of nitrogens with one attached hydrogen (secondary N) is 2. The lowest BCUT2D eigenvalue weighted by Crippen LogP contribution is -2.18. The molecule has 5 heteroatoms. The maximum Gasteiger partial charge on any atom is 0.226 e. The molecule has 0 heterocycles. The summed E-state index contributed by atoms with van der Waals surface area (Å²) in [5, 5.41) is 5.43. The Balaban J connectivity index is 1.88. The van der Waals surface area contributed by atoms with E-state index in [4.69, 9.17) is 0 Å². The van der Waals surface area contributed by atoms with E-state index in [1.54, 1.807) is 0 Å². The predicted molar refractivity (Wildman–Crippen MR) is 83.9 cm³/mol. The number of halogens is 2. The molecule has 0 unspecified atom stereocenters. The number of aryl methyl sites for hydroxylation is 1. The molecular formula is C17H18F2N2O. The Bertz CT molecular complexity index is 639. The zero-order chi connectivity index (χ0) is 15.9. The fourth-order valence-corrected chi connectivity index (χ4v) is 2.13. The number of hydrogen-bond acceptors (Lipinski definition) is 2. The monoisotopic (exact) mass is 304 g/mol. The third kappa shape index (κ3) is 4.04. The molecule has 0 aromatic heterocycles. The predicted octanol–water partition coefficient (Wildman–Crippen LogP) is 3.97. The van der Waals surface area contributed by atoms with Crippen LogP contribution in [-0.4, -0.2) is 12.5 Å². The van der Waals surface area contributed by atoms with Crippen molar-refractivity contribution >= 4 is 17.3 Å². The van der Waals surface area contributed by atoms with Crippen LogP contribution in [0.3, 0.4) is 0 Å². The Morgan fingerprint density at radius 1 is 1.05 bits per heavy atom. The lowest BCUT2D eigenvalue weighted by molar-refractivity contribution is -0.116. The standard InChI is InChI=1S/C17H18F2N2O/c1-2-12-6-3-4-9-15(12)20-11-10-16(22)21-17-13(18)7-5-8-14(17)19/h3-9,20H,2,10-11H2,1H3,(H,21,22). The lowest BCUT2D eigenvalue weighted by atomic mass is 10.1. The number of rotatable bonds is 6. The van der Waals surface area contributed by atoms with Gasteiger partial charge in [-0.25, -0.2) is 8.78 Å². The van der Waals surface area contributed by atoms with Gasteiger partial charge in [0.1, 0.15) is 17.3 Å². The van der Waals surface area contributed by atoms with Crippen LogP contribution in [0, 0.1) is 11.6 Å². The molecular weight excluding hydrogens is 286 g/mol. The van der Waals surface area contributed by atoms with Gasteiger partial charge in [-0.1, -0.05) is 31.2 Å². The maximum absolute atomic E-state index is 13.4. The van der Waals surface area contributed by atoms with Gasteiger partial charge >= 0.3 is 0 Å². The molecule has 0 saturated heterocycles. The molecule has 0 radical (unpaired) electrons. The van der Waals surface area contributed by atoms with Crippen molar-refractivity contribution in [3.63, 3.8) is 0 Å². The molecule has 0 spiro atoms. The number of para-hydroxylation sites is 2. The topological polar surface area (TPSA) is 41.1 Å². The quantitative estimate of drug-likeness (QED) is 0.848. The second-order valence-electron chi connectivity index (χ2n) is 4.83. The van der Waals surface area contributed by atoms with Crippen LogP contribution >= 0.6 is 0 Å². The summed E-state index contributed by atoms with van der Waals surface area (Å²) in [5.41, 5.74) is 1.72. The number of hydrogen-bond donors (Lipinski definition) is 2. The normalized spacial score (nSPS) is 10.3. The first-order valence-electron chi connectivity index (χ1n) is 7.17. The number of carbonyl (C=O) groups is 1. The van der Waals surface area contributed by atoms with E-state index in [2.05, 4.69) is 10.6 Å². The summed E-state index contributed by atoms with van der Waals surface area (Å²) in [5.74, 6) is -2.00. The zero-order valence-electron chi connectivity index (χ0n) is 12.3. The van der Waals surface area contributed by atoms with Crippen molar-refractivity contribution in [3.05, 3.63) is 59.7 Å². The van der Waals surface area contributed by atoms with Gasteiger partial charge in [0.2, 0.25) is 5.91 Å². The molecule has 3 nitrogen and oxygen atoms in total. The average molecular weight is 304 g/mol. The van der Waals surface area contributed by atoms with E-state index in [0.29, 0.717) is 6.54 Å². The molecule has 0 aliphatic heterocycles. The Labute approximate surface area is 128 Å². The second kappa shape index (κ2) is 7.54. The van der Waals surface area contributed by atoms with E-state index >= 15 is 0 Å². The summed E-state index contributed by atoms with van der Waals surface area (Å²) in [6.45, 7) is 2.44. The first-order valence-corrected chi connectivity index (χ1v) is 7.17. The van der Waals surface area contributed by atoms with Crippen molar-refractivity contribution in [1.29, 1.82) is 0 Å². The molecule has 0 atom stereocenters. The van der Waals surface area contributed by atoms with Crippen LogP contribution in [0.4, 0.5) is 20.2 Å². The third-order valence-corrected chi connectivity index (χ3v) is 3.29. The van der Waals surface area contributed by atoms with Crippen molar-refractivity contribution in [2.75, 3.05) is 17.2 Å². The van der Waals surface area contributed by atoms with Crippen LogP contribution in [-0.2, 0) is 11.2 Å². The highest BCUT2D eigenvalue weighted by molar-refractivity contribution is 5.91. The minimum Gasteiger partial charge on any atom is -0.384 e. The highest BCUT2D eigenvalue weighted by Gasteiger charge is 2.11. The number of carbonyl (C=O) groups excluding carboxylic acids is 1. The van der Waals surface area contributed by atoms with E-state index in [9.17, 15) is 13.6 Å². The van der Waals surface area contributed by atoms with Gasteiger partial charge in [0, 0.05) is 18.7 Å². The Hall–Kier alpha value is -2.43. The fourth-order valence-electron chi connectivity index (χ4n) is 2.13. The van der Waals surface area contributed by atoms with Gasteiger partial charge in [0.15, 0.2) is 0 Å². The zero-order valence-corrected chi connectivity index (χ0v) is 12.3. The molecule has 0 aliphatic carbocycles. The van der Waals surface area contributed by atoms with Crippen LogP contribution < -0.4 is 10.6 Å². The highest BCUT2D eigenvalue weighted by Crippen LogP contribution is 2.18. The average Bonchev–Trinajstić information content (AvgIpc) is 2.51. The van der Waals surface area contributed by atoms with Crippen LogP contribution in [0.5, 0.6) is 0 Å². The van der Waals surface area contributed by atoms with E-state index in [1.165, 1.54) is 6.07 Å². The number of benzene rings is 2. The van der Waals surface area contributed by atoms with Crippen molar-refractivity contribution in [1.82, 2.24) is 0 Å². The van der Waals surface area contributed by atoms with E-state index < -0.39 is 23.2 Å². The van der Waals surface area contributed by atoms with E-state index in [0.717, 1.165) is 29.8 Å². The van der Waals surface area contributed by atoms with Crippen molar-refractivity contribution in [3.8, 4) is 0 Å². The molecule has 0 aliphatic rings. The van der Waals surface area contributed by atoms with Gasteiger partial charge < -0.3 is 10.6 Å². The number of amides is 1. The second-order valence-corrected chi connectivity index (χ2v) is 4.83. The van der Waals surface area contributed by atoms with E-state index in [1.807, 2.05) is 31.2 Å². The SMILES string of the molecule is CCc1ccccc1NCCC(=O)Nc1c(F)cccc1F. The molecule has 2 aromatic rings. The Morgan fingerprint density at radius 3 is 2.41 bits per heavy atom. The minimum absolute atomic E-state index is 0.117. The summed E-state index contributed by atoms with van der Waals surface area (Å²) in [6.07, 6.45) is 1.00. The molecule has 2 N–H and O–H groups in total.